The molecule has 0 bridgehead atoms. The first kappa shape index (κ1) is 24.8. The van der Waals surface area contributed by atoms with Crippen LogP contribution >= 0.6 is 0 Å². The quantitative estimate of drug-likeness (QED) is 0.350. The van der Waals surface area contributed by atoms with Crippen molar-refractivity contribution in [2.24, 2.45) is 11.0 Å². The first-order valence-electron chi connectivity index (χ1n) is 11.3. The number of carbonyl (C=O) groups excluding carboxylic acids is 2. The number of fused-ring (bicyclic) bond motifs is 1. The number of para-hydroxylation sites is 1. The van der Waals surface area contributed by atoms with Gasteiger partial charge in [0.15, 0.2) is 6.61 Å². The number of hydrogen-bond acceptors (Lipinski definition) is 5. The Morgan fingerprint density at radius 1 is 0.971 bits per heavy atom. The molecule has 178 valence electrons. The van der Waals surface area contributed by atoms with Gasteiger partial charge in [-0.15, -0.1) is 0 Å². The number of benzene rings is 3. The number of ether oxygens (including phenoxy) is 2. The molecule has 3 rings (SSSR count). The normalized spacial score (nSPS) is 12.0. The van der Waals surface area contributed by atoms with E-state index in [1.165, 1.54) is 0 Å². The average Bonchev–Trinajstić information content (AvgIpc) is 2.83. The number of carbonyl (C=O) groups is 2. The van der Waals surface area contributed by atoms with Gasteiger partial charge in [0.05, 0.1) is 13.3 Å². The molecule has 3 aromatic carbocycles. The molecule has 0 heterocycles. The van der Waals surface area contributed by atoms with Crippen molar-refractivity contribution in [3.8, 4) is 11.5 Å². The summed E-state index contributed by atoms with van der Waals surface area (Å²) in [5.74, 6) is 0.854. The van der Waals surface area contributed by atoms with Crippen molar-refractivity contribution in [2.45, 2.75) is 33.2 Å². The van der Waals surface area contributed by atoms with E-state index in [0.717, 1.165) is 27.6 Å². The van der Waals surface area contributed by atoms with Gasteiger partial charge in [0, 0.05) is 10.9 Å². The zero-order valence-corrected chi connectivity index (χ0v) is 20.0. The van der Waals surface area contributed by atoms with Crippen LogP contribution in [0.25, 0.3) is 10.8 Å². The summed E-state index contributed by atoms with van der Waals surface area (Å²) in [6, 6.07) is 18.3. The van der Waals surface area contributed by atoms with Gasteiger partial charge in [0.25, 0.3) is 11.8 Å². The second kappa shape index (κ2) is 11.8. The molecule has 0 unspecified atom stereocenters. The highest BCUT2D eigenvalue weighted by Gasteiger charge is 2.22. The number of aryl methyl sites for hydroxylation is 1. The molecule has 2 N–H and O–H groups in total. The van der Waals surface area contributed by atoms with Crippen LogP contribution in [0.3, 0.4) is 0 Å². The van der Waals surface area contributed by atoms with Crippen LogP contribution in [0, 0.1) is 12.8 Å². The molecule has 0 aliphatic carbocycles. The summed E-state index contributed by atoms with van der Waals surface area (Å²) >= 11 is 0. The molecule has 2 amide bonds. The molecule has 0 saturated carbocycles. The summed E-state index contributed by atoms with van der Waals surface area (Å²) in [7, 11) is 1.63. The number of nitrogens with one attached hydrogen (secondary N) is 2. The number of methoxy groups -OCH3 is 1. The summed E-state index contributed by atoms with van der Waals surface area (Å²) in [6.07, 6.45) is 2.07. The Hall–Kier alpha value is -3.87. The van der Waals surface area contributed by atoms with Gasteiger partial charge in [-0.2, -0.15) is 5.10 Å². The fourth-order valence-corrected chi connectivity index (χ4v) is 3.63. The Balaban J connectivity index is 1.64. The highest BCUT2D eigenvalue weighted by Crippen LogP contribution is 2.27. The Labute approximate surface area is 200 Å². The lowest BCUT2D eigenvalue weighted by Gasteiger charge is -2.19. The molecule has 7 heteroatoms. The van der Waals surface area contributed by atoms with Crippen molar-refractivity contribution in [3.05, 3.63) is 71.8 Å². The van der Waals surface area contributed by atoms with E-state index in [-0.39, 0.29) is 24.3 Å². The van der Waals surface area contributed by atoms with Crippen LogP contribution in [-0.2, 0) is 9.59 Å². The van der Waals surface area contributed by atoms with Gasteiger partial charge in [0.1, 0.15) is 17.5 Å². The van der Waals surface area contributed by atoms with Crippen molar-refractivity contribution in [2.75, 3.05) is 13.7 Å². The molecule has 0 radical (unpaired) electrons. The molecule has 3 aromatic rings. The highest BCUT2D eigenvalue weighted by molar-refractivity contribution is 6.02. The Kier molecular flexibility index (Phi) is 8.62. The van der Waals surface area contributed by atoms with E-state index in [2.05, 4.69) is 15.8 Å². The van der Waals surface area contributed by atoms with E-state index in [9.17, 15) is 9.59 Å². The SMILES string of the molecule is COc1ccc(/C=N\NC(=O)[C@@H](CC(C)C)NC(=O)COc2ccccc2C)c2ccccc12. The van der Waals surface area contributed by atoms with E-state index in [1.54, 1.807) is 19.4 Å². The largest absolute Gasteiger partial charge is 0.496 e. The van der Waals surface area contributed by atoms with Crippen molar-refractivity contribution in [1.29, 1.82) is 0 Å². The zero-order chi connectivity index (χ0) is 24.5. The second-order valence-corrected chi connectivity index (χ2v) is 8.44. The third-order valence-electron chi connectivity index (χ3n) is 5.33. The standard InChI is InChI=1S/C27H31N3O4/c1-18(2)15-23(29-26(31)17-34-24-12-8-5-9-19(24)3)27(32)30-28-16-20-13-14-25(33-4)22-11-7-6-10-21(20)22/h5-14,16,18,23H,15,17H2,1-4H3,(H,29,31)(H,30,32)/b28-16-/t23-/m1/s1. The Morgan fingerprint density at radius 3 is 2.38 bits per heavy atom. The number of amides is 2. The van der Waals surface area contributed by atoms with Crippen molar-refractivity contribution < 1.29 is 19.1 Å². The van der Waals surface area contributed by atoms with Gasteiger partial charge in [-0.1, -0.05) is 56.3 Å². The van der Waals surface area contributed by atoms with E-state index in [4.69, 9.17) is 9.47 Å². The predicted octanol–water partition coefficient (Wildman–Crippen LogP) is 4.22. The topological polar surface area (TPSA) is 89.0 Å². The summed E-state index contributed by atoms with van der Waals surface area (Å²) in [5.41, 5.74) is 4.34. The average molecular weight is 462 g/mol. The Morgan fingerprint density at radius 2 is 1.68 bits per heavy atom. The maximum absolute atomic E-state index is 12.8. The number of nitrogens with zero attached hydrogens (tertiary/aromatic N) is 1. The number of hydrogen-bond donors (Lipinski definition) is 2. The monoisotopic (exact) mass is 461 g/mol. The van der Waals surface area contributed by atoms with Crippen molar-refractivity contribution in [3.63, 3.8) is 0 Å². The van der Waals surface area contributed by atoms with E-state index >= 15 is 0 Å². The summed E-state index contributed by atoms with van der Waals surface area (Å²) in [5, 5.41) is 8.82. The third-order valence-corrected chi connectivity index (χ3v) is 5.33. The van der Waals surface area contributed by atoms with Gasteiger partial charge in [-0.05, 0) is 48.4 Å². The minimum atomic E-state index is -0.724. The molecule has 1 atom stereocenters. The zero-order valence-electron chi connectivity index (χ0n) is 20.0. The molecule has 0 aromatic heterocycles. The fourth-order valence-electron chi connectivity index (χ4n) is 3.63. The van der Waals surface area contributed by atoms with E-state index in [1.807, 2.05) is 75.4 Å². The van der Waals surface area contributed by atoms with Crippen molar-refractivity contribution in [1.82, 2.24) is 10.7 Å². The van der Waals surface area contributed by atoms with Crippen LogP contribution in [0.5, 0.6) is 11.5 Å². The van der Waals surface area contributed by atoms with Gasteiger partial charge >= 0.3 is 0 Å². The fraction of sp³-hybridized carbons (Fsp3) is 0.296. The van der Waals surface area contributed by atoms with E-state index in [0.29, 0.717) is 12.2 Å². The van der Waals surface area contributed by atoms with Crippen LogP contribution in [-0.4, -0.2) is 37.8 Å². The lowest BCUT2D eigenvalue weighted by Crippen LogP contribution is -2.47. The van der Waals surface area contributed by atoms with E-state index < -0.39 is 6.04 Å². The second-order valence-electron chi connectivity index (χ2n) is 8.44. The summed E-state index contributed by atoms with van der Waals surface area (Å²) in [4.78, 5) is 25.3. The maximum Gasteiger partial charge on any atom is 0.262 e. The molecule has 0 fully saturated rings. The third kappa shape index (κ3) is 6.57. The molecular formula is C27H31N3O4. The lowest BCUT2D eigenvalue weighted by atomic mass is 10.0. The van der Waals surface area contributed by atoms with Crippen LogP contribution in [0.2, 0.25) is 0 Å². The molecule has 0 spiro atoms. The molecule has 0 aliphatic heterocycles. The van der Waals surface area contributed by atoms with Crippen LogP contribution < -0.4 is 20.2 Å². The van der Waals surface area contributed by atoms with Crippen LogP contribution in [0.1, 0.15) is 31.4 Å². The van der Waals surface area contributed by atoms with Crippen molar-refractivity contribution >= 4 is 28.8 Å². The summed E-state index contributed by atoms with van der Waals surface area (Å²) < 4.78 is 11.0. The first-order valence-corrected chi connectivity index (χ1v) is 11.3. The van der Waals surface area contributed by atoms with Gasteiger partial charge in [0.2, 0.25) is 0 Å². The molecular weight excluding hydrogens is 430 g/mol. The van der Waals surface area contributed by atoms with Gasteiger partial charge in [-0.3, -0.25) is 9.59 Å². The molecule has 7 nitrogen and oxygen atoms in total. The van der Waals surface area contributed by atoms with Gasteiger partial charge in [-0.25, -0.2) is 5.43 Å². The first-order chi connectivity index (χ1) is 16.4. The Bertz CT molecular complexity index is 1170. The lowest BCUT2D eigenvalue weighted by molar-refractivity contribution is -0.130. The van der Waals surface area contributed by atoms with Crippen LogP contribution in [0.15, 0.2) is 65.8 Å². The summed E-state index contributed by atoms with van der Waals surface area (Å²) in [6.45, 7) is 5.71. The number of hydrazone groups is 1. The molecule has 34 heavy (non-hydrogen) atoms. The predicted molar refractivity (Wildman–Crippen MR) is 134 cm³/mol. The van der Waals surface area contributed by atoms with Crippen LogP contribution in [0.4, 0.5) is 0 Å². The van der Waals surface area contributed by atoms with Gasteiger partial charge < -0.3 is 14.8 Å². The highest BCUT2D eigenvalue weighted by atomic mass is 16.5. The minimum Gasteiger partial charge on any atom is -0.496 e. The molecule has 0 aliphatic rings. The molecule has 0 saturated heterocycles. The minimum absolute atomic E-state index is 0.173. The number of rotatable bonds is 10. The smallest absolute Gasteiger partial charge is 0.262 e. The maximum atomic E-state index is 12.8.